The smallest absolute Gasteiger partial charge is 0.387 e. The van der Waals surface area contributed by atoms with E-state index in [4.69, 9.17) is 16.3 Å². The van der Waals surface area contributed by atoms with Crippen molar-refractivity contribution in [2.24, 2.45) is 0 Å². The van der Waals surface area contributed by atoms with Gasteiger partial charge < -0.3 is 14.8 Å². The number of nitrogens with one attached hydrogen (secondary N) is 1. The molecule has 1 heterocycles. The van der Waals surface area contributed by atoms with Gasteiger partial charge in [-0.3, -0.25) is 14.6 Å². The van der Waals surface area contributed by atoms with Crippen LogP contribution in [0.3, 0.4) is 0 Å². The zero-order valence-electron chi connectivity index (χ0n) is 17.5. The van der Waals surface area contributed by atoms with Crippen molar-refractivity contribution in [1.29, 1.82) is 0 Å². The summed E-state index contributed by atoms with van der Waals surface area (Å²) in [6, 6.07) is 12.3. The molecule has 1 fully saturated rings. The van der Waals surface area contributed by atoms with Crippen LogP contribution >= 0.6 is 11.6 Å². The van der Waals surface area contributed by atoms with E-state index in [9.17, 15) is 18.4 Å². The molecule has 172 valence electrons. The molecule has 7 nitrogen and oxygen atoms in total. The molecule has 1 aliphatic heterocycles. The Morgan fingerprint density at radius 1 is 1.03 bits per heavy atom. The van der Waals surface area contributed by atoms with Crippen LogP contribution in [0.2, 0.25) is 5.02 Å². The van der Waals surface area contributed by atoms with Crippen LogP contribution in [-0.2, 0) is 14.3 Å². The molecular weight excluding hydrogens is 444 g/mol. The summed E-state index contributed by atoms with van der Waals surface area (Å²) in [5.74, 6) is -0.545. The quantitative estimate of drug-likeness (QED) is 0.600. The molecule has 0 aliphatic carbocycles. The lowest BCUT2D eigenvalue weighted by atomic mass is 10.0. The number of nitrogens with zero attached hydrogens (tertiary/aromatic N) is 2. The molecule has 0 bridgehead atoms. The molecule has 0 spiro atoms. The first-order chi connectivity index (χ1) is 15.4. The summed E-state index contributed by atoms with van der Waals surface area (Å²) in [6.45, 7) is -0.379. The predicted octanol–water partition coefficient (Wildman–Crippen LogP) is 3.41. The van der Waals surface area contributed by atoms with Gasteiger partial charge in [-0.1, -0.05) is 23.7 Å². The van der Waals surface area contributed by atoms with Gasteiger partial charge in [-0.25, -0.2) is 4.79 Å². The number of carbonyl (C=O) groups is 2. The molecule has 32 heavy (non-hydrogen) atoms. The average Bonchev–Trinajstić information content (AvgIpc) is 2.77. The summed E-state index contributed by atoms with van der Waals surface area (Å²) in [4.78, 5) is 28.8. The van der Waals surface area contributed by atoms with Crippen molar-refractivity contribution in [2.45, 2.75) is 12.7 Å². The Kier molecular flexibility index (Phi) is 8.38. The van der Waals surface area contributed by atoms with E-state index < -0.39 is 12.7 Å². The van der Waals surface area contributed by atoms with Crippen molar-refractivity contribution in [3.63, 3.8) is 0 Å². The SMILES string of the molecule is COC(=O)C(c1ccc(Cl)cc1)N1CCN(CC(=O)Nc2ccc(OC(F)F)cc2)CC1. The summed E-state index contributed by atoms with van der Waals surface area (Å²) < 4.78 is 33.7. The van der Waals surface area contributed by atoms with E-state index in [-0.39, 0.29) is 24.2 Å². The van der Waals surface area contributed by atoms with E-state index in [2.05, 4.69) is 10.1 Å². The minimum Gasteiger partial charge on any atom is -0.468 e. The standard InChI is InChI=1S/C22H24ClF2N3O4/c1-31-21(30)20(15-2-4-16(23)5-3-15)28-12-10-27(11-13-28)14-19(29)26-17-6-8-18(9-7-17)32-22(24)25/h2-9,20,22H,10-14H2,1H3,(H,26,29). The van der Waals surface area contributed by atoms with Gasteiger partial charge in [0, 0.05) is 36.9 Å². The molecule has 3 rings (SSSR count). The third-order valence-corrected chi connectivity index (χ3v) is 5.36. The van der Waals surface area contributed by atoms with Gasteiger partial charge in [-0.05, 0) is 42.0 Å². The Balaban J connectivity index is 1.52. The average molecular weight is 468 g/mol. The first kappa shape index (κ1) is 23.9. The normalized spacial score (nSPS) is 15.9. The fraction of sp³-hybridized carbons (Fsp3) is 0.364. The van der Waals surface area contributed by atoms with Crippen LogP contribution in [0.4, 0.5) is 14.5 Å². The first-order valence-electron chi connectivity index (χ1n) is 10.00. The van der Waals surface area contributed by atoms with Crippen LogP contribution in [0, 0.1) is 0 Å². The number of esters is 1. The minimum atomic E-state index is -2.90. The first-order valence-corrected chi connectivity index (χ1v) is 10.4. The van der Waals surface area contributed by atoms with Gasteiger partial charge in [0.1, 0.15) is 11.8 Å². The number of hydrogen-bond donors (Lipinski definition) is 1. The highest BCUT2D eigenvalue weighted by molar-refractivity contribution is 6.30. The number of benzene rings is 2. The summed E-state index contributed by atoms with van der Waals surface area (Å²) >= 11 is 5.96. The van der Waals surface area contributed by atoms with Crippen LogP contribution < -0.4 is 10.1 Å². The van der Waals surface area contributed by atoms with Crippen molar-refractivity contribution < 1.29 is 27.8 Å². The van der Waals surface area contributed by atoms with E-state index >= 15 is 0 Å². The highest BCUT2D eigenvalue weighted by atomic mass is 35.5. The number of ether oxygens (including phenoxy) is 2. The molecule has 1 amide bonds. The van der Waals surface area contributed by atoms with Gasteiger partial charge in [0.15, 0.2) is 0 Å². The Labute approximate surface area is 189 Å². The minimum absolute atomic E-state index is 0.0231. The number of amides is 1. The molecule has 0 radical (unpaired) electrons. The van der Waals surface area contributed by atoms with Gasteiger partial charge in [0.05, 0.1) is 13.7 Å². The molecule has 10 heteroatoms. The third kappa shape index (κ3) is 6.62. The second-order valence-electron chi connectivity index (χ2n) is 7.24. The summed E-state index contributed by atoms with van der Waals surface area (Å²) in [5, 5.41) is 3.33. The second kappa shape index (κ2) is 11.2. The molecule has 2 aromatic rings. The topological polar surface area (TPSA) is 71.1 Å². The number of hydrogen-bond acceptors (Lipinski definition) is 6. The zero-order valence-corrected chi connectivity index (χ0v) is 18.2. The fourth-order valence-electron chi connectivity index (χ4n) is 3.56. The molecule has 1 aliphatic rings. The Morgan fingerprint density at radius 3 is 2.22 bits per heavy atom. The van der Waals surface area contributed by atoms with E-state index in [1.54, 1.807) is 24.3 Å². The van der Waals surface area contributed by atoms with Gasteiger partial charge in [-0.15, -0.1) is 0 Å². The van der Waals surface area contributed by atoms with Crippen LogP contribution in [0.15, 0.2) is 48.5 Å². The maximum Gasteiger partial charge on any atom is 0.387 e. The predicted molar refractivity (Wildman–Crippen MR) is 116 cm³/mol. The molecule has 2 aromatic carbocycles. The van der Waals surface area contributed by atoms with Crippen molar-refractivity contribution in [1.82, 2.24) is 9.80 Å². The number of carbonyl (C=O) groups excluding carboxylic acids is 2. The maximum absolute atomic E-state index is 12.4. The van der Waals surface area contributed by atoms with Crippen molar-refractivity contribution in [3.05, 3.63) is 59.1 Å². The Morgan fingerprint density at radius 2 is 1.66 bits per heavy atom. The molecule has 0 saturated carbocycles. The van der Waals surface area contributed by atoms with Crippen molar-refractivity contribution in [2.75, 3.05) is 45.2 Å². The van der Waals surface area contributed by atoms with E-state index in [1.807, 2.05) is 9.80 Å². The van der Waals surface area contributed by atoms with Crippen LogP contribution in [0.1, 0.15) is 11.6 Å². The number of anilines is 1. The van der Waals surface area contributed by atoms with Crippen LogP contribution in [0.25, 0.3) is 0 Å². The molecule has 0 aromatic heterocycles. The number of rotatable bonds is 8. The molecule has 1 N–H and O–H groups in total. The Bertz CT molecular complexity index is 904. The number of alkyl halides is 2. The highest BCUT2D eigenvalue weighted by Gasteiger charge is 2.31. The molecule has 1 unspecified atom stereocenters. The summed E-state index contributed by atoms with van der Waals surface area (Å²) in [7, 11) is 1.36. The van der Waals surface area contributed by atoms with Crippen LogP contribution in [-0.4, -0.2) is 68.1 Å². The highest BCUT2D eigenvalue weighted by Crippen LogP contribution is 2.25. The largest absolute Gasteiger partial charge is 0.468 e. The molecular formula is C22H24ClF2N3O4. The lowest BCUT2D eigenvalue weighted by Crippen LogP contribution is -2.51. The lowest BCUT2D eigenvalue weighted by molar-refractivity contribution is -0.148. The lowest BCUT2D eigenvalue weighted by Gasteiger charge is -2.38. The fourth-order valence-corrected chi connectivity index (χ4v) is 3.68. The monoisotopic (exact) mass is 467 g/mol. The zero-order chi connectivity index (χ0) is 23.1. The summed E-state index contributed by atoms with van der Waals surface area (Å²) in [5.41, 5.74) is 1.29. The molecule has 1 saturated heterocycles. The van der Waals surface area contributed by atoms with Gasteiger partial charge in [0.2, 0.25) is 5.91 Å². The van der Waals surface area contributed by atoms with Crippen molar-refractivity contribution in [3.8, 4) is 5.75 Å². The van der Waals surface area contributed by atoms with Gasteiger partial charge >= 0.3 is 12.6 Å². The maximum atomic E-state index is 12.4. The second-order valence-corrected chi connectivity index (χ2v) is 7.68. The van der Waals surface area contributed by atoms with Gasteiger partial charge in [0.25, 0.3) is 0 Å². The van der Waals surface area contributed by atoms with Crippen molar-refractivity contribution >= 4 is 29.2 Å². The number of halogens is 3. The number of piperazine rings is 1. The van der Waals surface area contributed by atoms with E-state index in [0.29, 0.717) is 36.9 Å². The number of methoxy groups -OCH3 is 1. The van der Waals surface area contributed by atoms with Crippen LogP contribution in [0.5, 0.6) is 5.75 Å². The van der Waals surface area contributed by atoms with E-state index in [1.165, 1.54) is 31.4 Å². The Hall–Kier alpha value is -2.75. The molecule has 1 atom stereocenters. The third-order valence-electron chi connectivity index (χ3n) is 5.11. The van der Waals surface area contributed by atoms with Gasteiger partial charge in [-0.2, -0.15) is 8.78 Å². The summed E-state index contributed by atoms with van der Waals surface area (Å²) in [6.07, 6.45) is 0. The van der Waals surface area contributed by atoms with E-state index in [0.717, 1.165) is 5.56 Å².